The predicted octanol–water partition coefficient (Wildman–Crippen LogP) is 3.34. The summed E-state index contributed by atoms with van der Waals surface area (Å²) in [6.07, 6.45) is 2.22. The maximum atomic E-state index is 11.3. The normalized spacial score (nSPS) is 22.9. The van der Waals surface area contributed by atoms with Crippen molar-refractivity contribution in [2.24, 2.45) is 11.3 Å². The lowest BCUT2D eigenvalue weighted by Crippen LogP contribution is -2.48. The zero-order chi connectivity index (χ0) is 24.7. The number of hydrogen-bond donors (Lipinski definition) is 5. The van der Waals surface area contributed by atoms with Gasteiger partial charge in [0, 0.05) is 25.3 Å². The van der Waals surface area contributed by atoms with Gasteiger partial charge in [-0.3, -0.25) is 4.98 Å². The van der Waals surface area contributed by atoms with Gasteiger partial charge in [-0.05, 0) is 37.7 Å². The average Bonchev–Trinajstić information content (AvgIpc) is 3.32. The van der Waals surface area contributed by atoms with E-state index >= 15 is 0 Å². The number of aliphatic hydroxyl groups is 3. The predicted molar refractivity (Wildman–Crippen MR) is 135 cm³/mol. The largest absolute Gasteiger partial charge is 0.396 e. The first-order chi connectivity index (χ1) is 16.0. The number of pyridine rings is 1. The standard InChI is InChI=1S/C24H34N6O3S/c1-6-15-18-16(8-10-25-15)34-21(28-18)17-13(2)27-22(26-12-23(3,4)5)29-20(17)30-24(33)9-7-14(11-31)19(24)32/h8,10,14,19,31-33H,6-7,9,11-12H2,1-5H3,(H2,26,27,29,30). The molecule has 0 bridgehead atoms. The van der Waals surface area contributed by atoms with Crippen LogP contribution in [0.2, 0.25) is 0 Å². The lowest BCUT2D eigenvalue weighted by Gasteiger charge is -2.31. The van der Waals surface area contributed by atoms with Crippen molar-refractivity contribution in [1.82, 2.24) is 19.9 Å². The molecule has 4 rings (SSSR count). The molecule has 9 nitrogen and oxygen atoms in total. The van der Waals surface area contributed by atoms with E-state index in [1.165, 1.54) is 11.3 Å². The van der Waals surface area contributed by atoms with Crippen LogP contribution in [0.1, 0.15) is 51.9 Å². The summed E-state index contributed by atoms with van der Waals surface area (Å²) in [5.74, 6) is 0.433. The molecule has 1 aliphatic carbocycles. The molecule has 0 saturated heterocycles. The average molecular weight is 487 g/mol. The van der Waals surface area contributed by atoms with E-state index in [4.69, 9.17) is 9.97 Å². The Morgan fingerprint density at radius 2 is 2.00 bits per heavy atom. The van der Waals surface area contributed by atoms with Crippen LogP contribution in [-0.4, -0.2) is 60.2 Å². The third-order valence-electron chi connectivity index (χ3n) is 6.20. The van der Waals surface area contributed by atoms with E-state index in [1.54, 1.807) is 6.20 Å². The van der Waals surface area contributed by atoms with Crippen LogP contribution in [-0.2, 0) is 6.42 Å². The minimum Gasteiger partial charge on any atom is -0.396 e. The minimum atomic E-state index is -1.61. The van der Waals surface area contributed by atoms with E-state index in [-0.39, 0.29) is 18.4 Å². The van der Waals surface area contributed by atoms with E-state index in [0.29, 0.717) is 36.0 Å². The fourth-order valence-corrected chi connectivity index (χ4v) is 5.33. The Balaban J connectivity index is 1.81. The molecular formula is C24H34N6O3S. The highest BCUT2D eigenvalue weighted by atomic mass is 32.1. The topological polar surface area (TPSA) is 136 Å². The van der Waals surface area contributed by atoms with Crippen LogP contribution < -0.4 is 10.6 Å². The Labute approximate surface area is 203 Å². The molecular weight excluding hydrogens is 452 g/mol. The Morgan fingerprint density at radius 3 is 2.65 bits per heavy atom. The fraction of sp³-hybridized carbons (Fsp3) is 0.583. The van der Waals surface area contributed by atoms with Crippen molar-refractivity contribution in [2.45, 2.75) is 65.7 Å². The monoisotopic (exact) mass is 486 g/mol. The molecule has 5 N–H and O–H groups in total. The van der Waals surface area contributed by atoms with Crippen LogP contribution >= 0.6 is 11.3 Å². The van der Waals surface area contributed by atoms with Crippen LogP contribution in [0.3, 0.4) is 0 Å². The highest BCUT2D eigenvalue weighted by Crippen LogP contribution is 2.41. The second-order valence-electron chi connectivity index (χ2n) is 10.2. The Hall–Kier alpha value is -2.40. The first-order valence-electron chi connectivity index (χ1n) is 11.7. The van der Waals surface area contributed by atoms with Gasteiger partial charge >= 0.3 is 0 Å². The van der Waals surface area contributed by atoms with Gasteiger partial charge in [0.1, 0.15) is 22.4 Å². The molecule has 1 saturated carbocycles. The number of fused-ring (bicyclic) bond motifs is 1. The zero-order valence-corrected chi connectivity index (χ0v) is 21.2. The van der Waals surface area contributed by atoms with Crippen LogP contribution in [0.5, 0.6) is 0 Å². The second kappa shape index (κ2) is 9.33. The molecule has 3 unspecified atom stereocenters. The maximum Gasteiger partial charge on any atom is 0.224 e. The Morgan fingerprint density at radius 1 is 1.24 bits per heavy atom. The van der Waals surface area contributed by atoms with E-state index in [1.807, 2.05) is 19.9 Å². The summed E-state index contributed by atoms with van der Waals surface area (Å²) in [6.45, 7) is 10.8. The third-order valence-corrected chi connectivity index (χ3v) is 7.24. The van der Waals surface area contributed by atoms with Crippen LogP contribution in [0, 0.1) is 18.3 Å². The van der Waals surface area contributed by atoms with Crippen molar-refractivity contribution < 1.29 is 15.3 Å². The van der Waals surface area contributed by atoms with Crippen molar-refractivity contribution in [3.63, 3.8) is 0 Å². The molecule has 0 aromatic carbocycles. The number of nitrogens with one attached hydrogen (secondary N) is 2. The first kappa shape index (κ1) is 24.7. The zero-order valence-electron chi connectivity index (χ0n) is 20.4. The summed E-state index contributed by atoms with van der Waals surface area (Å²) >= 11 is 1.52. The van der Waals surface area contributed by atoms with Gasteiger partial charge in [-0.25, -0.2) is 9.97 Å². The molecule has 1 aliphatic rings. The van der Waals surface area contributed by atoms with Crippen molar-refractivity contribution >= 4 is 33.3 Å². The fourth-order valence-electron chi connectivity index (χ4n) is 4.25. The molecule has 1 fully saturated rings. The number of anilines is 2. The number of nitrogens with zero attached hydrogens (tertiary/aromatic N) is 4. The SMILES string of the molecule is CCc1nccc2sc(-c3c(C)nc(NCC(C)(C)C)nc3NC3(O)CCC(CO)C3O)nc12. The molecule has 34 heavy (non-hydrogen) atoms. The van der Waals surface area contributed by atoms with E-state index in [2.05, 4.69) is 41.4 Å². The van der Waals surface area contributed by atoms with Gasteiger partial charge in [0.2, 0.25) is 5.95 Å². The van der Waals surface area contributed by atoms with Gasteiger partial charge in [0.05, 0.1) is 21.7 Å². The lowest BCUT2D eigenvalue weighted by atomic mass is 9.97. The van der Waals surface area contributed by atoms with Crippen molar-refractivity contribution in [2.75, 3.05) is 23.8 Å². The smallest absolute Gasteiger partial charge is 0.224 e. The van der Waals surface area contributed by atoms with Crippen molar-refractivity contribution in [1.29, 1.82) is 0 Å². The molecule has 3 aromatic rings. The molecule has 3 atom stereocenters. The number of aryl methyl sites for hydroxylation is 2. The summed E-state index contributed by atoms with van der Waals surface area (Å²) in [5.41, 5.74) is 1.56. The summed E-state index contributed by atoms with van der Waals surface area (Å²) in [4.78, 5) is 18.7. The van der Waals surface area contributed by atoms with Crippen LogP contribution in [0.25, 0.3) is 20.8 Å². The van der Waals surface area contributed by atoms with Crippen molar-refractivity contribution in [3.8, 4) is 10.6 Å². The van der Waals surface area contributed by atoms with Crippen LogP contribution in [0.15, 0.2) is 12.3 Å². The number of aromatic nitrogens is 4. The van der Waals surface area contributed by atoms with Gasteiger partial charge in [-0.2, -0.15) is 4.98 Å². The summed E-state index contributed by atoms with van der Waals surface area (Å²) < 4.78 is 1.02. The number of hydrogen-bond acceptors (Lipinski definition) is 10. The van der Waals surface area contributed by atoms with Gasteiger partial charge in [0.15, 0.2) is 5.72 Å². The Bertz CT molecular complexity index is 1180. The summed E-state index contributed by atoms with van der Waals surface area (Å²) in [5, 5.41) is 38.7. The number of aliphatic hydroxyl groups excluding tert-OH is 2. The molecule has 184 valence electrons. The molecule has 0 spiro atoms. The highest BCUT2D eigenvalue weighted by Gasteiger charge is 2.47. The minimum absolute atomic E-state index is 0.0221. The molecule has 3 aromatic heterocycles. The third kappa shape index (κ3) is 4.86. The molecule has 0 amide bonds. The molecule has 3 heterocycles. The number of thiazole rings is 1. The lowest BCUT2D eigenvalue weighted by molar-refractivity contribution is -0.0545. The van der Waals surface area contributed by atoms with E-state index in [9.17, 15) is 15.3 Å². The quantitative estimate of drug-likeness (QED) is 0.318. The highest BCUT2D eigenvalue weighted by molar-refractivity contribution is 7.21. The van der Waals surface area contributed by atoms with Gasteiger partial charge < -0.3 is 26.0 Å². The second-order valence-corrected chi connectivity index (χ2v) is 11.3. The van der Waals surface area contributed by atoms with Gasteiger partial charge in [0.25, 0.3) is 0 Å². The first-order valence-corrected chi connectivity index (χ1v) is 12.5. The van der Waals surface area contributed by atoms with E-state index in [0.717, 1.165) is 27.3 Å². The summed E-state index contributed by atoms with van der Waals surface area (Å²) in [7, 11) is 0. The summed E-state index contributed by atoms with van der Waals surface area (Å²) in [6, 6.07) is 1.94. The molecule has 0 radical (unpaired) electrons. The van der Waals surface area contributed by atoms with Gasteiger partial charge in [-0.1, -0.05) is 27.7 Å². The maximum absolute atomic E-state index is 11.3. The molecule has 0 aliphatic heterocycles. The van der Waals surface area contributed by atoms with Crippen molar-refractivity contribution in [3.05, 3.63) is 23.7 Å². The number of rotatable bonds is 7. The van der Waals surface area contributed by atoms with Gasteiger partial charge in [-0.15, -0.1) is 11.3 Å². The van der Waals surface area contributed by atoms with E-state index < -0.39 is 17.7 Å². The van der Waals surface area contributed by atoms with Crippen LogP contribution in [0.4, 0.5) is 11.8 Å². The molecule has 10 heteroatoms. The Kier molecular flexibility index (Phi) is 6.78.